The molecule has 11 aromatic rings. The summed E-state index contributed by atoms with van der Waals surface area (Å²) in [7, 11) is 0. The Morgan fingerprint density at radius 1 is 0.283 bits per heavy atom. The van der Waals surface area contributed by atoms with E-state index >= 15 is 0 Å². The van der Waals surface area contributed by atoms with E-state index in [2.05, 4.69) is 241 Å². The molecule has 2 nitrogen and oxygen atoms in total. The molecule has 0 spiro atoms. The largest absolute Gasteiger partial charge is 0.455 e. The van der Waals surface area contributed by atoms with Crippen molar-refractivity contribution in [2.45, 2.75) is 0 Å². The van der Waals surface area contributed by atoms with Crippen molar-refractivity contribution in [3.63, 3.8) is 0 Å². The Kier molecular flexibility index (Phi) is 8.87. The van der Waals surface area contributed by atoms with Crippen LogP contribution in [0.25, 0.3) is 88.3 Å². The third kappa shape index (κ3) is 6.51. The van der Waals surface area contributed by atoms with Gasteiger partial charge >= 0.3 is 0 Å². The number of anilines is 3. The van der Waals surface area contributed by atoms with Gasteiger partial charge in [0.05, 0.1) is 0 Å². The Morgan fingerprint density at radius 2 is 0.700 bits per heavy atom. The van der Waals surface area contributed by atoms with Gasteiger partial charge in [0.1, 0.15) is 11.2 Å². The summed E-state index contributed by atoms with van der Waals surface area (Å²) in [5.74, 6) is 0. The summed E-state index contributed by atoms with van der Waals surface area (Å²) in [5, 5.41) is 4.75. The second-order valence-electron chi connectivity index (χ2n) is 15.3. The fraction of sp³-hybridized carbons (Fsp3) is 0. The molecular weight excluding hydrogens is 727 g/mol. The number of para-hydroxylation sites is 1. The first-order valence-corrected chi connectivity index (χ1v) is 20.5. The van der Waals surface area contributed by atoms with E-state index in [1.54, 1.807) is 0 Å². The molecule has 0 bridgehead atoms. The highest BCUT2D eigenvalue weighted by atomic mass is 16.3. The third-order valence-electron chi connectivity index (χ3n) is 11.7. The summed E-state index contributed by atoms with van der Waals surface area (Å²) in [6.45, 7) is 0. The smallest absolute Gasteiger partial charge is 0.143 e. The van der Waals surface area contributed by atoms with E-state index in [0.717, 1.165) is 44.7 Å². The zero-order valence-electron chi connectivity index (χ0n) is 32.9. The molecule has 0 radical (unpaired) electrons. The number of hydrogen-bond donors (Lipinski definition) is 0. The van der Waals surface area contributed by atoms with E-state index in [4.69, 9.17) is 4.42 Å². The van der Waals surface area contributed by atoms with E-state index in [0.29, 0.717) is 0 Å². The minimum Gasteiger partial charge on any atom is -0.455 e. The van der Waals surface area contributed by atoms with Crippen molar-refractivity contribution in [1.82, 2.24) is 0 Å². The van der Waals surface area contributed by atoms with Crippen LogP contribution in [-0.2, 0) is 0 Å². The second kappa shape index (κ2) is 15.1. The number of fused-ring (bicyclic) bond motifs is 5. The summed E-state index contributed by atoms with van der Waals surface area (Å²) >= 11 is 0. The first kappa shape index (κ1) is 35.2. The zero-order chi connectivity index (χ0) is 39.8. The molecule has 0 amide bonds. The summed E-state index contributed by atoms with van der Waals surface area (Å²) in [6.07, 6.45) is 0. The number of rotatable bonds is 8. The molecule has 11 rings (SSSR count). The van der Waals surface area contributed by atoms with E-state index in [9.17, 15) is 0 Å². The summed E-state index contributed by atoms with van der Waals surface area (Å²) in [4.78, 5) is 2.33. The Labute approximate surface area is 349 Å². The highest BCUT2D eigenvalue weighted by Gasteiger charge is 2.16. The lowest BCUT2D eigenvalue weighted by Gasteiger charge is -2.26. The van der Waals surface area contributed by atoms with Crippen molar-refractivity contribution in [2.24, 2.45) is 0 Å². The van der Waals surface area contributed by atoms with Crippen LogP contribution in [0.4, 0.5) is 17.1 Å². The van der Waals surface area contributed by atoms with Gasteiger partial charge in [0, 0.05) is 33.4 Å². The van der Waals surface area contributed by atoms with Crippen LogP contribution in [0.5, 0.6) is 0 Å². The molecule has 1 aromatic heterocycles. The van der Waals surface area contributed by atoms with Gasteiger partial charge in [0.15, 0.2) is 0 Å². The van der Waals surface area contributed by atoms with Gasteiger partial charge in [-0.15, -0.1) is 0 Å². The predicted molar refractivity (Wildman–Crippen MR) is 253 cm³/mol. The minimum atomic E-state index is 0.915. The Balaban J connectivity index is 0.888. The fourth-order valence-electron chi connectivity index (χ4n) is 8.63. The first-order valence-electron chi connectivity index (χ1n) is 20.5. The third-order valence-corrected chi connectivity index (χ3v) is 11.7. The molecule has 0 saturated heterocycles. The van der Waals surface area contributed by atoms with Crippen LogP contribution in [-0.4, -0.2) is 0 Å². The van der Waals surface area contributed by atoms with Gasteiger partial charge in [-0.2, -0.15) is 0 Å². The summed E-state index contributed by atoms with van der Waals surface area (Å²) in [5.41, 5.74) is 16.9. The van der Waals surface area contributed by atoms with Crippen LogP contribution < -0.4 is 4.90 Å². The molecule has 2 heteroatoms. The second-order valence-corrected chi connectivity index (χ2v) is 15.3. The van der Waals surface area contributed by atoms with Crippen LogP contribution in [0.2, 0.25) is 0 Å². The van der Waals surface area contributed by atoms with E-state index in [1.807, 2.05) is 0 Å². The quantitative estimate of drug-likeness (QED) is 0.153. The van der Waals surface area contributed by atoms with Crippen molar-refractivity contribution in [1.29, 1.82) is 0 Å². The van der Waals surface area contributed by atoms with Crippen molar-refractivity contribution in [2.75, 3.05) is 4.90 Å². The molecule has 0 unspecified atom stereocenters. The minimum absolute atomic E-state index is 0.915. The van der Waals surface area contributed by atoms with Crippen molar-refractivity contribution >= 4 is 49.8 Å². The van der Waals surface area contributed by atoms with Crippen LogP contribution in [0.3, 0.4) is 0 Å². The fourth-order valence-corrected chi connectivity index (χ4v) is 8.63. The van der Waals surface area contributed by atoms with Gasteiger partial charge < -0.3 is 9.32 Å². The van der Waals surface area contributed by atoms with Crippen LogP contribution >= 0.6 is 0 Å². The molecule has 10 aromatic carbocycles. The molecule has 282 valence electrons. The predicted octanol–water partition coefficient (Wildman–Crippen LogP) is 16.5. The van der Waals surface area contributed by atoms with E-state index in [-0.39, 0.29) is 0 Å². The zero-order valence-corrected chi connectivity index (χ0v) is 32.9. The Morgan fingerprint density at radius 3 is 1.27 bits per heavy atom. The Bertz CT molecular complexity index is 3170. The van der Waals surface area contributed by atoms with Gasteiger partial charge in [-0.1, -0.05) is 188 Å². The summed E-state index contributed by atoms with van der Waals surface area (Å²) in [6, 6.07) is 84.7. The monoisotopic (exact) mass is 765 g/mol. The lowest BCUT2D eigenvalue weighted by atomic mass is 9.96. The maximum atomic E-state index is 6.57. The van der Waals surface area contributed by atoms with Crippen molar-refractivity contribution in [3.05, 3.63) is 237 Å². The number of hydrogen-bond acceptors (Lipinski definition) is 2. The normalized spacial score (nSPS) is 11.3. The maximum absolute atomic E-state index is 6.57. The highest BCUT2D eigenvalue weighted by molar-refractivity contribution is 6.20. The lowest BCUT2D eigenvalue weighted by molar-refractivity contribution is 0.670. The SMILES string of the molecule is c1ccc(-c2ccc(N(c3ccc(-c4ccccc4)cc3)c3ccc(-c4ccc(-c5cccc(-c6cccc7c6oc6ccc8ccccc8c67)c5)cc4)cc3)cc2)cc1. The molecule has 0 saturated carbocycles. The molecule has 0 atom stereocenters. The molecular formula is C58H39NO. The van der Waals surface area contributed by atoms with E-state index < -0.39 is 0 Å². The average molecular weight is 766 g/mol. The van der Waals surface area contributed by atoms with Gasteiger partial charge in [0.25, 0.3) is 0 Å². The van der Waals surface area contributed by atoms with Crippen LogP contribution in [0.15, 0.2) is 241 Å². The van der Waals surface area contributed by atoms with Crippen molar-refractivity contribution in [3.8, 4) is 55.6 Å². The highest BCUT2D eigenvalue weighted by Crippen LogP contribution is 2.41. The summed E-state index contributed by atoms with van der Waals surface area (Å²) < 4.78 is 6.57. The molecule has 1 heterocycles. The van der Waals surface area contributed by atoms with Gasteiger partial charge in [-0.05, 0) is 109 Å². The molecule has 0 aliphatic carbocycles. The van der Waals surface area contributed by atoms with Crippen molar-refractivity contribution < 1.29 is 4.42 Å². The number of nitrogens with zero attached hydrogens (tertiary/aromatic N) is 1. The molecule has 0 N–H and O–H groups in total. The number of furan rings is 1. The lowest BCUT2D eigenvalue weighted by Crippen LogP contribution is -2.09. The topological polar surface area (TPSA) is 16.4 Å². The first-order chi connectivity index (χ1) is 29.7. The Hall–Kier alpha value is -7.94. The van der Waals surface area contributed by atoms with Crippen LogP contribution in [0.1, 0.15) is 0 Å². The molecule has 0 aliphatic rings. The van der Waals surface area contributed by atoms with Gasteiger partial charge in [0.2, 0.25) is 0 Å². The van der Waals surface area contributed by atoms with Crippen LogP contribution in [0, 0.1) is 0 Å². The van der Waals surface area contributed by atoms with E-state index in [1.165, 1.54) is 60.7 Å². The average Bonchev–Trinajstić information content (AvgIpc) is 3.73. The van der Waals surface area contributed by atoms with Gasteiger partial charge in [-0.3, -0.25) is 0 Å². The number of benzene rings is 10. The molecule has 0 aliphatic heterocycles. The maximum Gasteiger partial charge on any atom is 0.143 e. The molecule has 60 heavy (non-hydrogen) atoms. The standard InChI is InChI=1S/C58H39NO/c1-3-11-40(12-4-1)43-25-32-50(33-26-43)59(51-34-27-44(28-35-51)41-13-5-2-6-14-41)52-36-29-45(30-37-52)42-21-23-46(24-22-42)48-16-9-17-49(39-48)54-19-10-20-55-57-53-18-8-7-15-47(53)31-38-56(57)60-58(54)55/h1-39H. The molecule has 0 fully saturated rings. The van der Waals surface area contributed by atoms with Gasteiger partial charge in [-0.25, -0.2) is 0 Å².